The molecule has 2 bridgehead atoms. The number of carbonyl (C=O) groups is 2. The van der Waals surface area contributed by atoms with Crippen LogP contribution in [-0.2, 0) is 28.6 Å². The molecule has 204 valence electrons. The predicted molar refractivity (Wildman–Crippen MR) is 139 cm³/mol. The number of ether oxygens (including phenoxy) is 1. The third-order valence-corrected chi connectivity index (χ3v) is 11.5. The van der Waals surface area contributed by atoms with E-state index in [0.717, 1.165) is 18.4 Å². The van der Waals surface area contributed by atoms with Gasteiger partial charge in [-0.25, -0.2) is 4.79 Å². The fraction of sp³-hybridized carbons (Fsp3) is 0.655. The number of rotatable bonds is 6. The van der Waals surface area contributed by atoms with E-state index in [1.54, 1.807) is 18.2 Å². The van der Waals surface area contributed by atoms with Crippen LogP contribution in [0.15, 0.2) is 41.8 Å². The van der Waals surface area contributed by atoms with Gasteiger partial charge in [0.25, 0.3) is 10.1 Å². The minimum Gasteiger partial charge on any atom is -0.460 e. The van der Waals surface area contributed by atoms with Crippen molar-refractivity contribution in [1.29, 1.82) is 0 Å². The first kappa shape index (κ1) is 28.0. The van der Waals surface area contributed by atoms with Gasteiger partial charge in [0.1, 0.15) is 11.9 Å². The van der Waals surface area contributed by atoms with Crippen molar-refractivity contribution in [2.75, 3.05) is 6.61 Å². The van der Waals surface area contributed by atoms with Crippen LogP contribution in [0.1, 0.15) is 65.4 Å². The van der Waals surface area contributed by atoms with Gasteiger partial charge in [0.15, 0.2) is 6.61 Å². The van der Waals surface area contributed by atoms with Crippen molar-refractivity contribution in [2.24, 2.45) is 34.0 Å². The Morgan fingerprint density at radius 1 is 1.19 bits per heavy atom. The van der Waals surface area contributed by atoms with Crippen molar-refractivity contribution in [1.82, 2.24) is 0 Å². The Morgan fingerprint density at radius 3 is 2.46 bits per heavy atom. The molecule has 1 N–H and O–H groups in total. The summed E-state index contributed by atoms with van der Waals surface area (Å²) in [6.07, 6.45) is 3.37. The molecule has 0 aliphatic heterocycles. The maximum absolute atomic E-state index is 13.4. The lowest BCUT2D eigenvalue weighted by Crippen LogP contribution is -2.63. The van der Waals surface area contributed by atoms with Gasteiger partial charge in [0.05, 0.1) is 11.0 Å². The molecule has 0 saturated heterocycles. The zero-order valence-electron chi connectivity index (χ0n) is 22.5. The Kier molecular flexibility index (Phi) is 7.27. The number of aliphatic hydroxyl groups excluding tert-OH is 1. The molecular weight excluding hydrogens is 492 g/mol. The van der Waals surface area contributed by atoms with Crippen LogP contribution in [0.25, 0.3) is 0 Å². The summed E-state index contributed by atoms with van der Waals surface area (Å²) in [7, 11) is -4.15. The molecule has 3 fully saturated rings. The number of benzene rings is 1. The van der Waals surface area contributed by atoms with E-state index in [4.69, 9.17) is 8.92 Å². The van der Waals surface area contributed by atoms with Crippen LogP contribution in [0.5, 0.6) is 0 Å². The second-order valence-electron chi connectivity index (χ2n) is 12.1. The van der Waals surface area contributed by atoms with Gasteiger partial charge in [0, 0.05) is 23.2 Å². The third kappa shape index (κ3) is 4.49. The standard InChI is InChI=1S/C29H40O7S/c1-7-27(5)16-23(36-24(31)17-35-37(33,34)21-10-8-18(2)9-11-21)28(6)19(3)12-14-29(20(4)26(27)32)15-13-22(30)25(28)29/h7-11,19-20,23,25-26,32H,1,12-17H2,2-6H3/t19-,20+,23-,25-,26+,27-,28+,29+/m1/s1. The van der Waals surface area contributed by atoms with Crippen LogP contribution in [0.3, 0.4) is 0 Å². The molecule has 1 aromatic rings. The average Bonchev–Trinajstić information content (AvgIpc) is 3.21. The first-order valence-corrected chi connectivity index (χ1v) is 14.6. The maximum Gasteiger partial charge on any atom is 0.333 e. The van der Waals surface area contributed by atoms with Crippen LogP contribution in [-0.4, -0.2) is 44.1 Å². The fourth-order valence-corrected chi connectivity index (χ4v) is 8.45. The second kappa shape index (κ2) is 9.62. The highest BCUT2D eigenvalue weighted by Gasteiger charge is 2.68. The third-order valence-electron chi connectivity index (χ3n) is 10.2. The molecule has 4 rings (SSSR count). The minimum atomic E-state index is -4.15. The van der Waals surface area contributed by atoms with Gasteiger partial charge < -0.3 is 9.84 Å². The maximum atomic E-state index is 13.4. The number of ketones is 1. The molecule has 0 aromatic heterocycles. The minimum absolute atomic E-state index is 0.0394. The van der Waals surface area contributed by atoms with Crippen molar-refractivity contribution < 1.29 is 32.0 Å². The van der Waals surface area contributed by atoms with Crippen molar-refractivity contribution in [2.45, 2.75) is 83.8 Å². The van der Waals surface area contributed by atoms with E-state index in [1.165, 1.54) is 12.1 Å². The van der Waals surface area contributed by atoms with E-state index >= 15 is 0 Å². The zero-order valence-corrected chi connectivity index (χ0v) is 23.3. The van der Waals surface area contributed by atoms with E-state index in [-0.39, 0.29) is 40.3 Å². The largest absolute Gasteiger partial charge is 0.460 e. The lowest BCUT2D eigenvalue weighted by molar-refractivity contribution is -0.207. The number of hydrogen-bond acceptors (Lipinski definition) is 7. The number of hydrogen-bond donors (Lipinski definition) is 1. The Balaban J connectivity index is 1.65. The van der Waals surface area contributed by atoms with Crippen LogP contribution < -0.4 is 0 Å². The van der Waals surface area contributed by atoms with E-state index in [9.17, 15) is 23.1 Å². The predicted octanol–water partition coefficient (Wildman–Crippen LogP) is 4.61. The molecule has 0 heterocycles. The van der Waals surface area contributed by atoms with E-state index in [2.05, 4.69) is 13.5 Å². The summed E-state index contributed by atoms with van der Waals surface area (Å²) in [5, 5.41) is 11.6. The fourth-order valence-electron chi connectivity index (χ4n) is 7.59. The monoisotopic (exact) mass is 532 g/mol. The summed E-state index contributed by atoms with van der Waals surface area (Å²) in [5.74, 6) is -1.05. The highest BCUT2D eigenvalue weighted by Crippen LogP contribution is 2.68. The van der Waals surface area contributed by atoms with Gasteiger partial charge in [-0.1, -0.05) is 51.5 Å². The highest BCUT2D eigenvalue weighted by molar-refractivity contribution is 7.86. The Hall–Kier alpha value is -2.03. The van der Waals surface area contributed by atoms with Crippen molar-refractivity contribution in [3.05, 3.63) is 42.5 Å². The number of Topliss-reactive ketones (excluding diaryl/α,β-unsaturated/α-hetero) is 1. The van der Waals surface area contributed by atoms with Crippen LogP contribution in [0.4, 0.5) is 0 Å². The Labute approximate surface area is 220 Å². The molecule has 37 heavy (non-hydrogen) atoms. The number of esters is 1. The summed E-state index contributed by atoms with van der Waals surface area (Å²) < 4.78 is 36.3. The molecular formula is C29H40O7S. The number of carbonyl (C=O) groups excluding carboxylic acids is 2. The molecule has 3 aliphatic rings. The summed E-state index contributed by atoms with van der Waals surface area (Å²) in [6.45, 7) is 13.2. The van der Waals surface area contributed by atoms with E-state index in [1.807, 2.05) is 27.7 Å². The zero-order chi connectivity index (χ0) is 27.4. The topological polar surface area (TPSA) is 107 Å². The quantitative estimate of drug-likeness (QED) is 0.324. The van der Waals surface area contributed by atoms with Gasteiger partial charge >= 0.3 is 5.97 Å². The number of aliphatic hydroxyl groups is 1. The molecule has 0 unspecified atom stereocenters. The summed E-state index contributed by atoms with van der Waals surface area (Å²) in [5.41, 5.74) is -0.910. The summed E-state index contributed by atoms with van der Waals surface area (Å²) in [6, 6.07) is 6.17. The SMILES string of the molecule is C=C[C@]1(C)C[C@@H](OC(=O)COS(=O)(=O)c2ccc(C)cc2)[C@]2(C)[C@H](C)CC[C@]3(CCC(=O)[C@@H]32)[C@@H](C)[C@@H]1O. The van der Waals surface area contributed by atoms with Crippen molar-refractivity contribution in [3.8, 4) is 0 Å². The lowest BCUT2D eigenvalue weighted by atomic mass is 9.44. The van der Waals surface area contributed by atoms with Gasteiger partial charge in [-0.3, -0.25) is 8.98 Å². The van der Waals surface area contributed by atoms with Crippen molar-refractivity contribution >= 4 is 21.9 Å². The average molecular weight is 533 g/mol. The molecule has 7 nitrogen and oxygen atoms in total. The van der Waals surface area contributed by atoms with Gasteiger partial charge in [0.2, 0.25) is 0 Å². The van der Waals surface area contributed by atoms with Gasteiger partial charge in [-0.05, 0) is 62.0 Å². The van der Waals surface area contributed by atoms with Crippen LogP contribution in [0.2, 0.25) is 0 Å². The van der Waals surface area contributed by atoms with Gasteiger partial charge in [-0.15, -0.1) is 6.58 Å². The Morgan fingerprint density at radius 2 is 1.84 bits per heavy atom. The molecule has 8 heteroatoms. The lowest BCUT2D eigenvalue weighted by Gasteiger charge is -2.61. The Bertz CT molecular complexity index is 1180. The number of aryl methyl sites for hydroxylation is 1. The van der Waals surface area contributed by atoms with Crippen LogP contribution >= 0.6 is 0 Å². The molecule has 8 atom stereocenters. The van der Waals surface area contributed by atoms with E-state index in [0.29, 0.717) is 12.8 Å². The smallest absolute Gasteiger partial charge is 0.333 e. The van der Waals surface area contributed by atoms with Gasteiger partial charge in [-0.2, -0.15) is 8.42 Å². The normalized spacial score (nSPS) is 39.8. The molecule has 0 radical (unpaired) electrons. The highest BCUT2D eigenvalue weighted by atomic mass is 32.2. The summed E-state index contributed by atoms with van der Waals surface area (Å²) >= 11 is 0. The molecule has 0 amide bonds. The second-order valence-corrected chi connectivity index (χ2v) is 13.7. The molecule has 3 saturated carbocycles. The first-order chi connectivity index (χ1) is 17.2. The van der Waals surface area contributed by atoms with E-state index < -0.39 is 45.7 Å². The summed E-state index contributed by atoms with van der Waals surface area (Å²) in [4.78, 5) is 26.5. The first-order valence-electron chi connectivity index (χ1n) is 13.2. The molecule has 0 spiro atoms. The van der Waals surface area contributed by atoms with Crippen LogP contribution in [0, 0.1) is 40.9 Å². The molecule has 1 aromatic carbocycles. The van der Waals surface area contributed by atoms with Crippen molar-refractivity contribution in [3.63, 3.8) is 0 Å². The molecule has 3 aliphatic carbocycles.